The normalized spacial score (nSPS) is 11.7. The molecule has 1 rings (SSSR count). The molecule has 0 N–H and O–H groups in total. The number of esters is 1. The number of alkyl halides is 1. The van der Waals surface area contributed by atoms with Crippen molar-refractivity contribution in [3.05, 3.63) is 41.5 Å². The maximum absolute atomic E-state index is 11.5. The molecule has 0 atom stereocenters. The Bertz CT molecular complexity index is 385. The number of rotatable bonds is 4. The summed E-state index contributed by atoms with van der Waals surface area (Å²) in [6.45, 7) is 0. The molecule has 3 nitrogen and oxygen atoms in total. The molecule has 0 spiro atoms. The molecular formula is C12H13ClO3. The van der Waals surface area contributed by atoms with Gasteiger partial charge in [-0.2, -0.15) is 0 Å². The van der Waals surface area contributed by atoms with E-state index < -0.39 is 5.97 Å². The second-order valence-electron chi connectivity index (χ2n) is 3.00. The molecule has 0 saturated heterocycles. The molecule has 0 amide bonds. The predicted octanol–water partition coefficient (Wildman–Crippen LogP) is 2.46. The van der Waals surface area contributed by atoms with Crippen molar-refractivity contribution in [3.63, 3.8) is 0 Å². The van der Waals surface area contributed by atoms with Gasteiger partial charge in [0, 0.05) is 5.56 Å². The molecule has 4 heteroatoms. The SMILES string of the molecule is COC(=O)C(CCl)=C(OC)c1ccccc1. The van der Waals surface area contributed by atoms with Crippen molar-refractivity contribution < 1.29 is 14.3 Å². The first-order chi connectivity index (χ1) is 7.74. The average molecular weight is 241 g/mol. The molecule has 0 aromatic heterocycles. The summed E-state index contributed by atoms with van der Waals surface area (Å²) in [4.78, 5) is 11.5. The maximum atomic E-state index is 11.5. The molecule has 0 bridgehead atoms. The molecule has 0 radical (unpaired) electrons. The topological polar surface area (TPSA) is 35.5 Å². The zero-order chi connectivity index (χ0) is 12.0. The van der Waals surface area contributed by atoms with Crippen LogP contribution in [0.5, 0.6) is 0 Å². The van der Waals surface area contributed by atoms with Gasteiger partial charge in [-0.05, 0) is 0 Å². The number of carbonyl (C=O) groups excluding carboxylic acids is 1. The highest BCUT2D eigenvalue weighted by atomic mass is 35.5. The Kier molecular flexibility index (Phi) is 4.86. The van der Waals surface area contributed by atoms with Crippen molar-refractivity contribution in [2.75, 3.05) is 20.1 Å². The molecular weight excluding hydrogens is 228 g/mol. The lowest BCUT2D eigenvalue weighted by atomic mass is 10.1. The number of ether oxygens (including phenoxy) is 2. The van der Waals surface area contributed by atoms with E-state index in [1.807, 2.05) is 30.3 Å². The minimum absolute atomic E-state index is 0.0464. The zero-order valence-electron chi connectivity index (χ0n) is 9.20. The summed E-state index contributed by atoms with van der Waals surface area (Å²) >= 11 is 5.73. The molecule has 0 heterocycles. The Balaban J connectivity index is 3.21. The van der Waals surface area contributed by atoms with Crippen molar-refractivity contribution in [1.82, 2.24) is 0 Å². The highest BCUT2D eigenvalue weighted by Crippen LogP contribution is 2.21. The summed E-state index contributed by atoms with van der Waals surface area (Å²) < 4.78 is 9.85. The molecule has 86 valence electrons. The van der Waals surface area contributed by atoms with Crippen LogP contribution in [0.3, 0.4) is 0 Å². The van der Waals surface area contributed by atoms with Crippen LogP contribution in [0, 0.1) is 0 Å². The first-order valence-electron chi connectivity index (χ1n) is 4.71. The van der Waals surface area contributed by atoms with E-state index in [1.165, 1.54) is 14.2 Å². The molecule has 16 heavy (non-hydrogen) atoms. The van der Waals surface area contributed by atoms with Gasteiger partial charge in [0.05, 0.1) is 25.7 Å². The van der Waals surface area contributed by atoms with Crippen LogP contribution < -0.4 is 0 Å². The zero-order valence-corrected chi connectivity index (χ0v) is 9.95. The van der Waals surface area contributed by atoms with Gasteiger partial charge >= 0.3 is 5.97 Å². The fourth-order valence-corrected chi connectivity index (χ4v) is 1.57. The van der Waals surface area contributed by atoms with E-state index in [-0.39, 0.29) is 5.88 Å². The third-order valence-corrected chi connectivity index (χ3v) is 2.35. The minimum Gasteiger partial charge on any atom is -0.496 e. The average Bonchev–Trinajstić information content (AvgIpc) is 2.36. The fraction of sp³-hybridized carbons (Fsp3) is 0.250. The second-order valence-corrected chi connectivity index (χ2v) is 3.27. The van der Waals surface area contributed by atoms with Crippen LogP contribution in [0.25, 0.3) is 5.76 Å². The van der Waals surface area contributed by atoms with E-state index in [1.54, 1.807) is 0 Å². The minimum atomic E-state index is -0.476. The second kappa shape index (κ2) is 6.18. The Hall–Kier alpha value is -1.48. The number of hydrogen-bond acceptors (Lipinski definition) is 3. The summed E-state index contributed by atoms with van der Waals surface area (Å²) in [5.41, 5.74) is 1.11. The standard InChI is InChI=1S/C12H13ClO3/c1-15-11(9-6-4-3-5-7-9)10(8-13)12(14)16-2/h3-7H,8H2,1-2H3. The summed E-state index contributed by atoms with van der Waals surface area (Å²) in [6.07, 6.45) is 0. The largest absolute Gasteiger partial charge is 0.496 e. The van der Waals surface area contributed by atoms with Crippen molar-refractivity contribution in [2.45, 2.75) is 0 Å². The molecule has 0 aliphatic heterocycles. The Morgan fingerprint density at radius 2 is 1.81 bits per heavy atom. The van der Waals surface area contributed by atoms with Crippen LogP contribution in [0.15, 0.2) is 35.9 Å². The van der Waals surface area contributed by atoms with Gasteiger partial charge in [-0.1, -0.05) is 30.3 Å². The van der Waals surface area contributed by atoms with Gasteiger partial charge < -0.3 is 9.47 Å². The third-order valence-electron chi connectivity index (χ3n) is 2.08. The fourth-order valence-electron chi connectivity index (χ4n) is 1.34. The highest BCUT2D eigenvalue weighted by molar-refractivity contribution is 6.23. The van der Waals surface area contributed by atoms with E-state index in [0.29, 0.717) is 11.3 Å². The van der Waals surface area contributed by atoms with E-state index >= 15 is 0 Å². The van der Waals surface area contributed by atoms with Gasteiger partial charge in [-0.15, -0.1) is 11.6 Å². The molecule has 0 unspecified atom stereocenters. The van der Waals surface area contributed by atoms with Crippen LogP contribution in [0.4, 0.5) is 0 Å². The molecule has 0 saturated carbocycles. The van der Waals surface area contributed by atoms with Crippen molar-refractivity contribution in [1.29, 1.82) is 0 Å². The summed E-state index contributed by atoms with van der Waals surface area (Å²) in [7, 11) is 2.81. The molecule has 1 aromatic carbocycles. The van der Waals surface area contributed by atoms with Gasteiger partial charge in [-0.3, -0.25) is 0 Å². The Morgan fingerprint density at radius 3 is 2.25 bits per heavy atom. The number of methoxy groups -OCH3 is 2. The van der Waals surface area contributed by atoms with E-state index in [4.69, 9.17) is 16.3 Å². The van der Waals surface area contributed by atoms with Crippen LogP contribution in [0.1, 0.15) is 5.56 Å². The maximum Gasteiger partial charge on any atom is 0.338 e. The number of carbonyl (C=O) groups is 1. The van der Waals surface area contributed by atoms with E-state index in [9.17, 15) is 4.79 Å². The third kappa shape index (κ3) is 2.76. The molecule has 0 aliphatic carbocycles. The smallest absolute Gasteiger partial charge is 0.338 e. The highest BCUT2D eigenvalue weighted by Gasteiger charge is 2.17. The van der Waals surface area contributed by atoms with Gasteiger partial charge in [0.2, 0.25) is 0 Å². The monoisotopic (exact) mass is 240 g/mol. The van der Waals surface area contributed by atoms with Crippen molar-refractivity contribution in [2.24, 2.45) is 0 Å². The summed E-state index contributed by atoms with van der Waals surface area (Å²) in [5.74, 6) is 0.0169. The van der Waals surface area contributed by atoms with Crippen molar-refractivity contribution in [3.8, 4) is 0 Å². The summed E-state index contributed by atoms with van der Waals surface area (Å²) in [5, 5.41) is 0. The van der Waals surface area contributed by atoms with Crippen LogP contribution in [-0.2, 0) is 14.3 Å². The van der Waals surface area contributed by atoms with Crippen LogP contribution in [-0.4, -0.2) is 26.1 Å². The number of halogens is 1. The predicted molar refractivity (Wildman–Crippen MR) is 63.1 cm³/mol. The van der Waals surface area contributed by atoms with E-state index in [2.05, 4.69) is 4.74 Å². The van der Waals surface area contributed by atoms with Crippen LogP contribution in [0.2, 0.25) is 0 Å². The van der Waals surface area contributed by atoms with E-state index in [0.717, 1.165) is 5.56 Å². The molecule has 1 aromatic rings. The lowest BCUT2D eigenvalue weighted by Gasteiger charge is -2.10. The first kappa shape index (κ1) is 12.6. The van der Waals surface area contributed by atoms with Gasteiger partial charge in [0.25, 0.3) is 0 Å². The Morgan fingerprint density at radius 1 is 1.19 bits per heavy atom. The number of hydrogen-bond donors (Lipinski definition) is 0. The van der Waals surface area contributed by atoms with Crippen LogP contribution >= 0.6 is 11.6 Å². The summed E-state index contributed by atoms with van der Waals surface area (Å²) in [6, 6.07) is 9.28. The van der Waals surface area contributed by atoms with Crippen molar-refractivity contribution >= 4 is 23.3 Å². The quantitative estimate of drug-likeness (QED) is 0.351. The van der Waals surface area contributed by atoms with Gasteiger partial charge in [-0.25, -0.2) is 4.79 Å². The first-order valence-corrected chi connectivity index (χ1v) is 5.24. The lowest BCUT2D eigenvalue weighted by molar-refractivity contribution is -0.136. The van der Waals surface area contributed by atoms with Gasteiger partial charge in [0.15, 0.2) is 0 Å². The number of benzene rings is 1. The van der Waals surface area contributed by atoms with Gasteiger partial charge in [0.1, 0.15) is 5.76 Å². The lowest BCUT2D eigenvalue weighted by Crippen LogP contribution is -2.10. The molecule has 0 aliphatic rings. The molecule has 0 fully saturated rings. The Labute approximate surface area is 99.6 Å².